The zero-order valence-corrected chi connectivity index (χ0v) is 17.0. The van der Waals surface area contributed by atoms with E-state index in [0.29, 0.717) is 28.3 Å². The number of hydrogen-bond acceptors (Lipinski definition) is 3. The van der Waals surface area contributed by atoms with Crippen molar-refractivity contribution in [3.05, 3.63) is 64.1 Å². The highest BCUT2D eigenvalue weighted by atomic mass is 35.5. The van der Waals surface area contributed by atoms with Crippen LogP contribution in [0.3, 0.4) is 0 Å². The van der Waals surface area contributed by atoms with Crippen LogP contribution in [-0.4, -0.2) is 24.5 Å². The van der Waals surface area contributed by atoms with Crippen LogP contribution >= 0.6 is 23.2 Å². The van der Waals surface area contributed by atoms with E-state index < -0.39 is 6.10 Å². The minimum Gasteiger partial charge on any atom is -0.483 e. The number of rotatable bonds is 8. The van der Waals surface area contributed by atoms with Crippen LogP contribution in [0.15, 0.2) is 48.5 Å². The van der Waals surface area contributed by atoms with E-state index in [4.69, 9.17) is 27.9 Å². The lowest BCUT2D eigenvalue weighted by atomic mass is 9.87. The molecule has 1 heterocycles. The second-order valence-corrected chi connectivity index (χ2v) is 7.98. The highest BCUT2D eigenvalue weighted by Gasteiger charge is 2.29. The zero-order chi connectivity index (χ0) is 19.2. The number of nitrogens with one attached hydrogen (secondary N) is 1. The lowest BCUT2D eigenvalue weighted by molar-refractivity contribution is -0.129. The Morgan fingerprint density at radius 3 is 2.74 bits per heavy atom. The third-order valence-electron chi connectivity index (χ3n) is 5.07. The van der Waals surface area contributed by atoms with Crippen LogP contribution in [0.25, 0.3) is 0 Å². The Morgan fingerprint density at radius 1 is 1.22 bits per heavy atom. The topological polar surface area (TPSA) is 38.3 Å². The summed E-state index contributed by atoms with van der Waals surface area (Å²) in [7, 11) is 0. The van der Waals surface area contributed by atoms with Crippen molar-refractivity contribution in [3.8, 4) is 5.75 Å². The van der Waals surface area contributed by atoms with Gasteiger partial charge in [-0.25, -0.2) is 0 Å². The monoisotopic (exact) mass is 405 g/mol. The molecule has 144 valence electrons. The maximum absolute atomic E-state index is 13.2. The van der Waals surface area contributed by atoms with Crippen molar-refractivity contribution in [2.45, 2.75) is 44.8 Å². The van der Waals surface area contributed by atoms with Gasteiger partial charge in [0.25, 0.3) is 0 Å². The van der Waals surface area contributed by atoms with E-state index in [1.54, 1.807) is 12.1 Å². The first kappa shape index (κ1) is 20.2. The lowest BCUT2D eigenvalue weighted by Crippen LogP contribution is -2.36. The molecule has 27 heavy (non-hydrogen) atoms. The molecule has 0 radical (unpaired) electrons. The van der Waals surface area contributed by atoms with E-state index in [1.165, 1.54) is 0 Å². The minimum atomic E-state index is -0.544. The van der Waals surface area contributed by atoms with E-state index >= 15 is 0 Å². The summed E-state index contributed by atoms with van der Waals surface area (Å²) in [5.74, 6) is 0.567. The molecule has 0 amide bonds. The molecule has 0 spiro atoms. The molecule has 2 aromatic carbocycles. The van der Waals surface area contributed by atoms with Crippen LogP contribution in [0, 0.1) is 5.92 Å². The van der Waals surface area contributed by atoms with Gasteiger partial charge in [-0.15, -0.1) is 0 Å². The van der Waals surface area contributed by atoms with E-state index in [1.807, 2.05) is 43.3 Å². The van der Waals surface area contributed by atoms with Crippen molar-refractivity contribution in [1.82, 2.24) is 5.32 Å². The van der Waals surface area contributed by atoms with E-state index in [9.17, 15) is 4.79 Å². The van der Waals surface area contributed by atoms with Gasteiger partial charge in [-0.2, -0.15) is 0 Å². The smallest absolute Gasteiger partial charge is 0.176 e. The Hall–Kier alpha value is -1.55. The molecule has 1 aliphatic rings. The molecule has 3 rings (SSSR count). The molecule has 0 aromatic heterocycles. The summed E-state index contributed by atoms with van der Waals surface area (Å²) in [6.07, 6.45) is 3.15. The van der Waals surface area contributed by atoms with Crippen molar-refractivity contribution in [2.24, 2.45) is 5.92 Å². The Bertz CT molecular complexity index is 774. The molecule has 1 fully saturated rings. The second kappa shape index (κ2) is 9.59. The standard InChI is InChI=1S/C22H25Cl2NO2/c1-15(27-20-9-4-7-18(23)14-20)22(26)17(13-19-8-5-11-25-19)12-16-6-2-3-10-21(16)24/h2-4,6-7,9-10,14-15,17,19,25H,5,8,11-13H2,1H3/t15?,17?,19-/m1/s1. The first-order valence-corrected chi connectivity index (χ1v) is 10.2. The van der Waals surface area contributed by atoms with Crippen LogP contribution in [0.5, 0.6) is 5.75 Å². The molecule has 1 aliphatic heterocycles. The lowest BCUT2D eigenvalue weighted by Gasteiger charge is -2.24. The quantitative estimate of drug-likeness (QED) is 0.644. The van der Waals surface area contributed by atoms with Gasteiger partial charge in [-0.1, -0.05) is 47.5 Å². The molecule has 2 aromatic rings. The molecular formula is C22H25Cl2NO2. The van der Waals surface area contributed by atoms with E-state index in [-0.39, 0.29) is 11.7 Å². The fourth-order valence-corrected chi connectivity index (χ4v) is 4.06. The number of ketones is 1. The van der Waals surface area contributed by atoms with Gasteiger partial charge >= 0.3 is 0 Å². The molecule has 2 unspecified atom stereocenters. The first-order valence-electron chi connectivity index (χ1n) is 9.45. The largest absolute Gasteiger partial charge is 0.483 e. The second-order valence-electron chi connectivity index (χ2n) is 7.14. The summed E-state index contributed by atoms with van der Waals surface area (Å²) >= 11 is 12.4. The Morgan fingerprint density at radius 2 is 2.04 bits per heavy atom. The van der Waals surface area contributed by atoms with Gasteiger partial charge in [0.15, 0.2) is 11.9 Å². The van der Waals surface area contributed by atoms with Crippen molar-refractivity contribution < 1.29 is 9.53 Å². The van der Waals surface area contributed by atoms with Crippen LogP contribution in [0.4, 0.5) is 0 Å². The summed E-state index contributed by atoms with van der Waals surface area (Å²) in [6, 6.07) is 15.3. The molecule has 0 saturated carbocycles. The maximum atomic E-state index is 13.2. The van der Waals surface area contributed by atoms with Crippen molar-refractivity contribution in [1.29, 1.82) is 0 Å². The van der Waals surface area contributed by atoms with Gasteiger partial charge in [0.05, 0.1) is 0 Å². The number of benzene rings is 2. The SMILES string of the molecule is CC(Oc1cccc(Cl)c1)C(=O)C(Cc1ccccc1Cl)C[C@H]1CCCN1. The van der Waals surface area contributed by atoms with Crippen molar-refractivity contribution >= 4 is 29.0 Å². The van der Waals surface area contributed by atoms with Gasteiger partial charge in [0.2, 0.25) is 0 Å². The van der Waals surface area contributed by atoms with E-state index in [0.717, 1.165) is 31.4 Å². The molecule has 3 nitrogen and oxygen atoms in total. The van der Waals surface area contributed by atoms with Gasteiger partial charge in [0, 0.05) is 22.0 Å². The van der Waals surface area contributed by atoms with Gasteiger partial charge in [-0.05, 0) is 69.0 Å². The molecule has 0 aliphatic carbocycles. The van der Waals surface area contributed by atoms with E-state index in [2.05, 4.69) is 5.32 Å². The van der Waals surface area contributed by atoms with Gasteiger partial charge in [-0.3, -0.25) is 4.79 Å². The van der Waals surface area contributed by atoms with Gasteiger partial charge in [0.1, 0.15) is 5.75 Å². The van der Waals surface area contributed by atoms with Gasteiger partial charge < -0.3 is 10.1 Å². The fourth-order valence-electron chi connectivity index (χ4n) is 3.67. The molecule has 5 heteroatoms. The third-order valence-corrected chi connectivity index (χ3v) is 5.67. The summed E-state index contributed by atoms with van der Waals surface area (Å²) in [5.41, 5.74) is 1.01. The summed E-state index contributed by atoms with van der Waals surface area (Å²) in [4.78, 5) is 13.2. The molecule has 1 N–H and O–H groups in total. The molecular weight excluding hydrogens is 381 g/mol. The Kier molecular flexibility index (Phi) is 7.17. The Balaban J connectivity index is 1.73. The highest BCUT2D eigenvalue weighted by molar-refractivity contribution is 6.31. The van der Waals surface area contributed by atoms with Crippen LogP contribution in [-0.2, 0) is 11.2 Å². The van der Waals surface area contributed by atoms with Crippen LogP contribution in [0.1, 0.15) is 31.7 Å². The molecule has 3 atom stereocenters. The maximum Gasteiger partial charge on any atom is 0.176 e. The zero-order valence-electron chi connectivity index (χ0n) is 15.5. The summed E-state index contributed by atoms with van der Waals surface area (Å²) in [6.45, 7) is 2.83. The fraction of sp³-hybridized carbons (Fsp3) is 0.409. The summed E-state index contributed by atoms with van der Waals surface area (Å²) in [5, 5.41) is 4.79. The number of Topliss-reactive ketones (excluding diaryl/α,β-unsaturated/α-hetero) is 1. The number of carbonyl (C=O) groups is 1. The predicted octanol–water partition coefficient (Wildman–Crippen LogP) is 5.33. The normalized spacial score (nSPS) is 18.9. The Labute approximate surface area is 171 Å². The summed E-state index contributed by atoms with van der Waals surface area (Å²) < 4.78 is 5.88. The highest BCUT2D eigenvalue weighted by Crippen LogP contribution is 2.26. The number of hydrogen-bond donors (Lipinski definition) is 1. The van der Waals surface area contributed by atoms with Crippen LogP contribution in [0.2, 0.25) is 10.0 Å². The predicted molar refractivity (Wildman–Crippen MR) is 111 cm³/mol. The molecule has 1 saturated heterocycles. The minimum absolute atomic E-state index is 0.101. The molecule has 0 bridgehead atoms. The number of carbonyl (C=O) groups excluding carboxylic acids is 1. The average molecular weight is 406 g/mol. The number of halogens is 2. The van der Waals surface area contributed by atoms with Crippen LogP contribution < -0.4 is 10.1 Å². The number of ether oxygens (including phenoxy) is 1. The first-order chi connectivity index (χ1) is 13.0. The van der Waals surface area contributed by atoms with Crippen molar-refractivity contribution in [3.63, 3.8) is 0 Å². The average Bonchev–Trinajstić information content (AvgIpc) is 3.15. The third kappa shape index (κ3) is 5.71. The van der Waals surface area contributed by atoms with Crippen molar-refractivity contribution in [2.75, 3.05) is 6.54 Å².